The first-order valence-electron chi connectivity index (χ1n) is 5.05. The molecule has 0 spiro atoms. The molecule has 4 heteroatoms. The Labute approximate surface area is 108 Å². The van der Waals surface area contributed by atoms with Gasteiger partial charge in [-0.05, 0) is 31.7 Å². The average Bonchev–Trinajstić information content (AvgIpc) is 2.69. The smallest absolute Gasteiger partial charge is 0.114 e. The zero-order valence-electron chi connectivity index (χ0n) is 9.20. The van der Waals surface area contributed by atoms with Crippen molar-refractivity contribution in [2.45, 2.75) is 13.0 Å². The van der Waals surface area contributed by atoms with Gasteiger partial charge in [-0.2, -0.15) is 0 Å². The number of hydrogen-bond acceptors (Lipinski definition) is 3. The van der Waals surface area contributed by atoms with Crippen LogP contribution in [-0.4, -0.2) is 12.0 Å². The number of halogens is 1. The number of aromatic nitrogens is 1. The summed E-state index contributed by atoms with van der Waals surface area (Å²) in [5.41, 5.74) is 2.32. The minimum atomic E-state index is 0.187. The van der Waals surface area contributed by atoms with Crippen LogP contribution in [-0.2, 0) is 0 Å². The van der Waals surface area contributed by atoms with Crippen LogP contribution in [0.5, 0.6) is 0 Å². The molecule has 1 heterocycles. The van der Waals surface area contributed by atoms with E-state index in [1.165, 1.54) is 5.56 Å². The van der Waals surface area contributed by atoms with Gasteiger partial charge in [0.25, 0.3) is 0 Å². The SMILES string of the molecule is CNC(c1ccc(Br)cc1)c1nc(C)cs1. The van der Waals surface area contributed by atoms with Crippen LogP contribution in [0.25, 0.3) is 0 Å². The predicted octanol–water partition coefficient (Wildman–Crippen LogP) is 3.52. The van der Waals surface area contributed by atoms with E-state index in [-0.39, 0.29) is 6.04 Å². The van der Waals surface area contributed by atoms with Gasteiger partial charge >= 0.3 is 0 Å². The summed E-state index contributed by atoms with van der Waals surface area (Å²) in [7, 11) is 1.96. The van der Waals surface area contributed by atoms with Crippen LogP contribution in [0.3, 0.4) is 0 Å². The minimum absolute atomic E-state index is 0.187. The second-order valence-electron chi connectivity index (χ2n) is 3.60. The van der Waals surface area contributed by atoms with Crippen molar-refractivity contribution in [1.82, 2.24) is 10.3 Å². The predicted molar refractivity (Wildman–Crippen MR) is 71.9 cm³/mol. The van der Waals surface area contributed by atoms with Crippen LogP contribution in [0, 0.1) is 6.92 Å². The van der Waals surface area contributed by atoms with Crippen LogP contribution in [0.1, 0.15) is 22.3 Å². The Morgan fingerprint density at radius 3 is 2.50 bits per heavy atom. The summed E-state index contributed by atoms with van der Waals surface area (Å²) in [4.78, 5) is 4.52. The molecule has 2 aromatic rings. The highest BCUT2D eigenvalue weighted by molar-refractivity contribution is 9.10. The molecular formula is C12H13BrN2S. The molecule has 0 radical (unpaired) electrons. The number of aryl methyl sites for hydroxylation is 1. The van der Waals surface area contributed by atoms with E-state index in [0.29, 0.717) is 0 Å². The molecule has 1 N–H and O–H groups in total. The Hall–Kier alpha value is -0.710. The number of hydrogen-bond donors (Lipinski definition) is 1. The fourth-order valence-electron chi connectivity index (χ4n) is 1.59. The molecule has 0 fully saturated rings. The van der Waals surface area contributed by atoms with Gasteiger partial charge in [-0.1, -0.05) is 28.1 Å². The molecule has 0 aliphatic rings. The van der Waals surface area contributed by atoms with Crippen LogP contribution < -0.4 is 5.32 Å². The molecule has 0 saturated heterocycles. The van der Waals surface area contributed by atoms with Gasteiger partial charge in [-0.25, -0.2) is 4.98 Å². The Morgan fingerprint density at radius 1 is 1.31 bits per heavy atom. The second-order valence-corrected chi connectivity index (χ2v) is 5.41. The Kier molecular flexibility index (Phi) is 3.74. The lowest BCUT2D eigenvalue weighted by Gasteiger charge is -2.13. The normalized spacial score (nSPS) is 12.7. The van der Waals surface area contributed by atoms with Gasteiger partial charge in [0, 0.05) is 15.5 Å². The highest BCUT2D eigenvalue weighted by atomic mass is 79.9. The van der Waals surface area contributed by atoms with Gasteiger partial charge < -0.3 is 5.32 Å². The third-order valence-corrected chi connectivity index (χ3v) is 3.93. The maximum absolute atomic E-state index is 4.52. The zero-order valence-corrected chi connectivity index (χ0v) is 11.6. The van der Waals surface area contributed by atoms with Crippen molar-refractivity contribution < 1.29 is 0 Å². The van der Waals surface area contributed by atoms with E-state index in [1.807, 2.05) is 14.0 Å². The van der Waals surface area contributed by atoms with E-state index < -0.39 is 0 Å². The average molecular weight is 297 g/mol. The lowest BCUT2D eigenvalue weighted by atomic mass is 10.1. The summed E-state index contributed by atoms with van der Waals surface area (Å²) in [6.45, 7) is 2.02. The molecule has 0 saturated carbocycles. The number of benzene rings is 1. The number of thiazole rings is 1. The monoisotopic (exact) mass is 296 g/mol. The van der Waals surface area contributed by atoms with Crippen LogP contribution in [0.2, 0.25) is 0 Å². The molecule has 84 valence electrons. The first-order chi connectivity index (χ1) is 7.70. The van der Waals surface area contributed by atoms with Gasteiger partial charge in [0.05, 0.1) is 6.04 Å². The largest absolute Gasteiger partial charge is 0.307 e. The highest BCUT2D eigenvalue weighted by Crippen LogP contribution is 2.25. The molecule has 0 aliphatic carbocycles. The van der Waals surface area contributed by atoms with Crippen molar-refractivity contribution >= 4 is 27.3 Å². The van der Waals surface area contributed by atoms with E-state index in [9.17, 15) is 0 Å². The summed E-state index contributed by atoms with van der Waals surface area (Å²) >= 11 is 5.14. The van der Waals surface area contributed by atoms with E-state index in [1.54, 1.807) is 11.3 Å². The van der Waals surface area contributed by atoms with Gasteiger partial charge in [0.2, 0.25) is 0 Å². The highest BCUT2D eigenvalue weighted by Gasteiger charge is 2.14. The number of nitrogens with zero attached hydrogens (tertiary/aromatic N) is 1. The molecule has 1 atom stereocenters. The molecule has 2 nitrogen and oxygen atoms in total. The molecule has 16 heavy (non-hydrogen) atoms. The molecule has 1 aromatic carbocycles. The molecule has 1 unspecified atom stereocenters. The molecular weight excluding hydrogens is 284 g/mol. The summed E-state index contributed by atoms with van der Waals surface area (Å²) in [5.74, 6) is 0. The maximum atomic E-state index is 4.52. The Balaban J connectivity index is 2.32. The molecule has 0 bridgehead atoms. The van der Waals surface area contributed by atoms with Crippen molar-refractivity contribution in [1.29, 1.82) is 0 Å². The Morgan fingerprint density at radius 2 is 2.00 bits per heavy atom. The van der Waals surface area contributed by atoms with Crippen molar-refractivity contribution in [2.24, 2.45) is 0 Å². The molecule has 0 amide bonds. The maximum Gasteiger partial charge on any atom is 0.114 e. The zero-order chi connectivity index (χ0) is 11.5. The quantitative estimate of drug-likeness (QED) is 0.937. The summed E-state index contributed by atoms with van der Waals surface area (Å²) in [6, 6.07) is 8.52. The standard InChI is InChI=1S/C12H13BrN2S/c1-8-7-16-12(15-8)11(14-2)9-3-5-10(13)6-4-9/h3-7,11,14H,1-2H3. The third-order valence-electron chi connectivity index (χ3n) is 2.38. The van der Waals surface area contributed by atoms with Crippen LogP contribution in [0.4, 0.5) is 0 Å². The summed E-state index contributed by atoms with van der Waals surface area (Å²) in [5, 5.41) is 6.50. The first kappa shape index (κ1) is 11.8. The topological polar surface area (TPSA) is 24.9 Å². The number of nitrogens with one attached hydrogen (secondary N) is 1. The molecule has 1 aromatic heterocycles. The van der Waals surface area contributed by atoms with E-state index in [0.717, 1.165) is 15.2 Å². The fourth-order valence-corrected chi connectivity index (χ4v) is 2.79. The molecule has 0 aliphatic heterocycles. The lowest BCUT2D eigenvalue weighted by Crippen LogP contribution is -2.17. The van der Waals surface area contributed by atoms with E-state index >= 15 is 0 Å². The minimum Gasteiger partial charge on any atom is -0.307 e. The Bertz CT molecular complexity index is 464. The first-order valence-corrected chi connectivity index (χ1v) is 6.72. The van der Waals surface area contributed by atoms with E-state index in [2.05, 4.69) is 55.9 Å². The van der Waals surface area contributed by atoms with E-state index in [4.69, 9.17) is 0 Å². The third kappa shape index (κ3) is 2.51. The van der Waals surface area contributed by atoms with Gasteiger partial charge in [-0.15, -0.1) is 11.3 Å². The summed E-state index contributed by atoms with van der Waals surface area (Å²) < 4.78 is 1.10. The van der Waals surface area contributed by atoms with Crippen molar-refractivity contribution in [3.8, 4) is 0 Å². The van der Waals surface area contributed by atoms with Gasteiger partial charge in [-0.3, -0.25) is 0 Å². The summed E-state index contributed by atoms with van der Waals surface area (Å²) in [6.07, 6.45) is 0. The van der Waals surface area contributed by atoms with Crippen molar-refractivity contribution in [2.75, 3.05) is 7.05 Å². The molecule has 2 rings (SSSR count). The number of rotatable bonds is 3. The van der Waals surface area contributed by atoms with Crippen molar-refractivity contribution in [3.63, 3.8) is 0 Å². The fraction of sp³-hybridized carbons (Fsp3) is 0.250. The second kappa shape index (κ2) is 5.08. The van der Waals surface area contributed by atoms with Gasteiger partial charge in [0.15, 0.2) is 0 Å². The van der Waals surface area contributed by atoms with Crippen LogP contribution in [0.15, 0.2) is 34.1 Å². The van der Waals surface area contributed by atoms with Crippen LogP contribution >= 0.6 is 27.3 Å². The lowest BCUT2D eigenvalue weighted by molar-refractivity contribution is 0.685. The van der Waals surface area contributed by atoms with Gasteiger partial charge in [0.1, 0.15) is 5.01 Å². The van der Waals surface area contributed by atoms with Crippen molar-refractivity contribution in [3.05, 3.63) is 50.4 Å².